The van der Waals surface area contributed by atoms with Crippen molar-refractivity contribution in [2.75, 3.05) is 13.7 Å². The summed E-state index contributed by atoms with van der Waals surface area (Å²) in [4.78, 5) is 0. The van der Waals surface area contributed by atoms with Crippen molar-refractivity contribution >= 4 is 0 Å². The number of aryl methyl sites for hydroxylation is 2. The highest BCUT2D eigenvalue weighted by molar-refractivity contribution is 5.43. The van der Waals surface area contributed by atoms with E-state index in [0.29, 0.717) is 5.92 Å². The van der Waals surface area contributed by atoms with Crippen molar-refractivity contribution in [1.82, 2.24) is 5.32 Å². The van der Waals surface area contributed by atoms with Gasteiger partial charge >= 0.3 is 0 Å². The lowest BCUT2D eigenvalue weighted by atomic mass is 10.1. The highest BCUT2D eigenvalue weighted by atomic mass is 16.5. The topological polar surface area (TPSA) is 21.3 Å². The van der Waals surface area contributed by atoms with Crippen molar-refractivity contribution < 1.29 is 4.74 Å². The van der Waals surface area contributed by atoms with E-state index in [9.17, 15) is 0 Å². The minimum Gasteiger partial charge on any atom is -0.493 e. The van der Waals surface area contributed by atoms with Gasteiger partial charge in [0.1, 0.15) is 5.75 Å². The van der Waals surface area contributed by atoms with Crippen LogP contribution in [0.5, 0.6) is 5.75 Å². The Hall–Kier alpha value is -1.02. The van der Waals surface area contributed by atoms with E-state index in [2.05, 4.69) is 45.1 Å². The molecule has 0 aliphatic rings. The number of ether oxygens (including phenoxy) is 1. The van der Waals surface area contributed by atoms with E-state index < -0.39 is 0 Å². The fourth-order valence-electron chi connectivity index (χ4n) is 1.82. The van der Waals surface area contributed by atoms with E-state index in [1.165, 1.54) is 16.7 Å². The molecule has 0 spiro atoms. The van der Waals surface area contributed by atoms with Gasteiger partial charge in [0.2, 0.25) is 0 Å². The molecule has 90 valence electrons. The summed E-state index contributed by atoms with van der Waals surface area (Å²) < 4.78 is 5.84. The van der Waals surface area contributed by atoms with Gasteiger partial charge in [-0.15, -0.1) is 0 Å². The first-order chi connectivity index (χ1) is 7.54. The lowest BCUT2D eigenvalue weighted by molar-refractivity contribution is 0.267. The molecule has 2 nitrogen and oxygen atoms in total. The summed E-state index contributed by atoms with van der Waals surface area (Å²) in [7, 11) is 1.97. The summed E-state index contributed by atoms with van der Waals surface area (Å²) in [6, 6.07) is 4.39. The third-order valence-electron chi connectivity index (χ3n) is 2.46. The quantitative estimate of drug-likeness (QED) is 0.825. The Balaban J connectivity index is 2.85. The van der Waals surface area contributed by atoms with Crippen molar-refractivity contribution in [1.29, 1.82) is 0 Å². The molecule has 0 saturated carbocycles. The zero-order valence-corrected chi connectivity index (χ0v) is 11.1. The lowest BCUT2D eigenvalue weighted by Crippen LogP contribution is -2.09. The summed E-state index contributed by atoms with van der Waals surface area (Å²) in [5.74, 6) is 1.62. The van der Waals surface area contributed by atoms with E-state index in [-0.39, 0.29) is 0 Å². The van der Waals surface area contributed by atoms with Crippen LogP contribution in [0, 0.1) is 19.8 Å². The van der Waals surface area contributed by atoms with Gasteiger partial charge in [0.15, 0.2) is 0 Å². The Kier molecular flexibility index (Phi) is 4.81. The largest absolute Gasteiger partial charge is 0.493 e. The summed E-state index contributed by atoms with van der Waals surface area (Å²) in [6.45, 7) is 10.3. The number of nitrogens with one attached hydrogen (secondary N) is 1. The van der Waals surface area contributed by atoms with E-state index in [4.69, 9.17) is 4.74 Å². The van der Waals surface area contributed by atoms with Gasteiger partial charge in [0.25, 0.3) is 0 Å². The van der Waals surface area contributed by atoms with Gasteiger partial charge in [-0.2, -0.15) is 0 Å². The SMILES string of the molecule is CNCc1cc(C)c(OCC(C)C)c(C)c1. The molecule has 0 aliphatic carbocycles. The molecule has 1 aromatic rings. The Morgan fingerprint density at radius 3 is 2.19 bits per heavy atom. The zero-order chi connectivity index (χ0) is 12.1. The number of rotatable bonds is 5. The molecule has 1 N–H and O–H groups in total. The van der Waals surface area contributed by atoms with E-state index in [1.807, 2.05) is 7.05 Å². The number of hydrogen-bond acceptors (Lipinski definition) is 2. The molecule has 0 unspecified atom stereocenters. The zero-order valence-electron chi connectivity index (χ0n) is 11.1. The van der Waals surface area contributed by atoms with Gasteiger partial charge in [-0.05, 0) is 43.5 Å². The molecule has 16 heavy (non-hydrogen) atoms. The van der Waals surface area contributed by atoms with Crippen LogP contribution in [-0.2, 0) is 6.54 Å². The summed E-state index contributed by atoms with van der Waals surface area (Å²) in [6.07, 6.45) is 0. The van der Waals surface area contributed by atoms with Gasteiger partial charge < -0.3 is 10.1 Å². The van der Waals surface area contributed by atoms with Gasteiger partial charge in [-0.3, -0.25) is 0 Å². The molecular formula is C14H23NO. The van der Waals surface area contributed by atoms with Gasteiger partial charge in [-0.25, -0.2) is 0 Å². The van der Waals surface area contributed by atoms with Crippen LogP contribution in [0.1, 0.15) is 30.5 Å². The molecule has 0 atom stereocenters. The van der Waals surface area contributed by atoms with Crippen LogP contribution >= 0.6 is 0 Å². The van der Waals surface area contributed by atoms with Crippen LogP contribution in [0.2, 0.25) is 0 Å². The smallest absolute Gasteiger partial charge is 0.125 e. The first-order valence-corrected chi connectivity index (χ1v) is 5.92. The normalized spacial score (nSPS) is 10.9. The van der Waals surface area contributed by atoms with Crippen LogP contribution in [0.25, 0.3) is 0 Å². The molecule has 0 amide bonds. The average molecular weight is 221 g/mol. The predicted octanol–water partition coefficient (Wildman–Crippen LogP) is 3.06. The number of hydrogen-bond donors (Lipinski definition) is 1. The fraction of sp³-hybridized carbons (Fsp3) is 0.571. The Bertz CT molecular complexity index is 322. The fourth-order valence-corrected chi connectivity index (χ4v) is 1.82. The van der Waals surface area contributed by atoms with Crippen LogP contribution in [0.4, 0.5) is 0 Å². The van der Waals surface area contributed by atoms with Crippen molar-refractivity contribution in [3.8, 4) is 5.75 Å². The molecule has 0 radical (unpaired) electrons. The second-order valence-corrected chi connectivity index (χ2v) is 4.79. The molecule has 0 bridgehead atoms. The molecule has 1 rings (SSSR count). The second kappa shape index (κ2) is 5.90. The molecular weight excluding hydrogens is 198 g/mol. The maximum absolute atomic E-state index is 5.84. The monoisotopic (exact) mass is 221 g/mol. The van der Waals surface area contributed by atoms with Crippen LogP contribution in [-0.4, -0.2) is 13.7 Å². The molecule has 0 aliphatic heterocycles. The highest BCUT2D eigenvalue weighted by Gasteiger charge is 2.07. The van der Waals surface area contributed by atoms with Crippen molar-refractivity contribution in [3.63, 3.8) is 0 Å². The van der Waals surface area contributed by atoms with Crippen molar-refractivity contribution in [2.45, 2.75) is 34.2 Å². The predicted molar refractivity (Wildman–Crippen MR) is 69.0 cm³/mol. The standard InChI is InChI=1S/C14H23NO/c1-10(2)9-16-14-11(3)6-13(8-15-5)7-12(14)4/h6-7,10,15H,8-9H2,1-5H3. The molecule has 1 aromatic carbocycles. The first kappa shape index (κ1) is 13.0. The summed E-state index contributed by atoms with van der Waals surface area (Å²) >= 11 is 0. The van der Waals surface area contributed by atoms with E-state index >= 15 is 0 Å². The molecule has 0 saturated heterocycles. The molecule has 0 fully saturated rings. The lowest BCUT2D eigenvalue weighted by Gasteiger charge is -2.15. The Labute approximate surface area is 99.0 Å². The van der Waals surface area contributed by atoms with E-state index in [1.54, 1.807) is 0 Å². The van der Waals surface area contributed by atoms with Gasteiger partial charge in [0.05, 0.1) is 6.61 Å². The summed E-state index contributed by atoms with van der Waals surface area (Å²) in [5, 5.41) is 3.17. The van der Waals surface area contributed by atoms with Gasteiger partial charge in [0, 0.05) is 6.54 Å². The van der Waals surface area contributed by atoms with Crippen molar-refractivity contribution in [2.24, 2.45) is 5.92 Å². The Morgan fingerprint density at radius 2 is 1.75 bits per heavy atom. The van der Waals surface area contributed by atoms with E-state index in [0.717, 1.165) is 18.9 Å². The van der Waals surface area contributed by atoms with Crippen LogP contribution < -0.4 is 10.1 Å². The average Bonchev–Trinajstić information content (AvgIpc) is 2.16. The Morgan fingerprint density at radius 1 is 1.19 bits per heavy atom. The maximum Gasteiger partial charge on any atom is 0.125 e. The van der Waals surface area contributed by atoms with Crippen LogP contribution in [0.15, 0.2) is 12.1 Å². The molecule has 0 aromatic heterocycles. The molecule has 2 heteroatoms. The minimum absolute atomic E-state index is 0.566. The maximum atomic E-state index is 5.84. The third-order valence-corrected chi connectivity index (χ3v) is 2.46. The first-order valence-electron chi connectivity index (χ1n) is 5.92. The second-order valence-electron chi connectivity index (χ2n) is 4.79. The minimum atomic E-state index is 0.566. The summed E-state index contributed by atoms with van der Waals surface area (Å²) in [5.41, 5.74) is 3.77. The van der Waals surface area contributed by atoms with Crippen molar-refractivity contribution in [3.05, 3.63) is 28.8 Å². The number of benzene rings is 1. The third kappa shape index (κ3) is 3.53. The molecule has 0 heterocycles. The van der Waals surface area contributed by atoms with Gasteiger partial charge in [-0.1, -0.05) is 26.0 Å². The highest BCUT2D eigenvalue weighted by Crippen LogP contribution is 2.25. The van der Waals surface area contributed by atoms with Crippen LogP contribution in [0.3, 0.4) is 0 Å².